The van der Waals surface area contributed by atoms with Crippen LogP contribution in [0.25, 0.3) is 11.3 Å². The number of rotatable bonds is 4. The van der Waals surface area contributed by atoms with E-state index in [-0.39, 0.29) is 17.8 Å². The molecular formula is C25H20ClN3O2S. The number of pyridine rings is 1. The van der Waals surface area contributed by atoms with Gasteiger partial charge in [-0.15, -0.1) is 0 Å². The second kappa shape index (κ2) is 8.30. The average molecular weight is 462 g/mol. The molecule has 1 saturated heterocycles. The molecule has 0 radical (unpaired) electrons. The number of nitrogens with one attached hydrogen (secondary N) is 1. The number of hydrogen-bond acceptors (Lipinski definition) is 4. The van der Waals surface area contributed by atoms with Crippen molar-refractivity contribution >= 4 is 34.6 Å². The maximum absolute atomic E-state index is 9.74. The van der Waals surface area contributed by atoms with E-state index in [0.717, 1.165) is 34.0 Å². The van der Waals surface area contributed by atoms with Crippen molar-refractivity contribution in [3.05, 3.63) is 101 Å². The van der Waals surface area contributed by atoms with Gasteiger partial charge < -0.3 is 19.7 Å². The van der Waals surface area contributed by atoms with Crippen LogP contribution in [-0.2, 0) is 0 Å². The first-order chi connectivity index (χ1) is 15.5. The van der Waals surface area contributed by atoms with Crippen molar-refractivity contribution in [2.24, 2.45) is 0 Å². The fourth-order valence-electron chi connectivity index (χ4n) is 3.95. The van der Waals surface area contributed by atoms with Crippen molar-refractivity contribution in [1.29, 1.82) is 0 Å². The lowest BCUT2D eigenvalue weighted by Gasteiger charge is -2.26. The Morgan fingerprint density at radius 1 is 1.06 bits per heavy atom. The van der Waals surface area contributed by atoms with E-state index in [1.165, 1.54) is 0 Å². The van der Waals surface area contributed by atoms with Crippen LogP contribution in [0.15, 0.2) is 83.4 Å². The van der Waals surface area contributed by atoms with Crippen LogP contribution in [0.4, 0.5) is 5.69 Å². The molecule has 160 valence electrons. The predicted octanol–water partition coefficient (Wildman–Crippen LogP) is 6.19. The molecule has 0 bridgehead atoms. The van der Waals surface area contributed by atoms with E-state index in [9.17, 15) is 5.11 Å². The number of thiocarbonyl (C=S) groups is 1. The quantitative estimate of drug-likeness (QED) is 0.353. The predicted molar refractivity (Wildman–Crippen MR) is 130 cm³/mol. The molecule has 2 N–H and O–H groups in total. The number of nitrogens with zero attached hydrogens (tertiary/aromatic N) is 2. The Hall–Kier alpha value is -3.35. The Kier molecular flexibility index (Phi) is 5.33. The summed E-state index contributed by atoms with van der Waals surface area (Å²) in [5, 5.41) is 14.4. The van der Waals surface area contributed by atoms with Crippen molar-refractivity contribution < 1.29 is 9.52 Å². The molecule has 1 aliphatic heterocycles. The molecule has 0 aliphatic carbocycles. The van der Waals surface area contributed by atoms with E-state index in [1.807, 2.05) is 72.5 Å². The standard InChI is InChI=1S/C25H20ClN3O2S/c1-15-5-6-16(14-19(15)26)21-11-12-22(31-21)24-23(20-4-2-3-13-27-20)28-25(32)29(24)17-7-9-18(30)10-8-17/h2-14,23-24,30H,1H3,(H,28,32). The lowest BCUT2D eigenvalue weighted by atomic mass is 10.0. The number of phenolic OH excluding ortho intramolecular Hbond substituents is 1. The van der Waals surface area contributed by atoms with Gasteiger partial charge in [0, 0.05) is 22.5 Å². The van der Waals surface area contributed by atoms with Crippen LogP contribution in [0.1, 0.15) is 29.1 Å². The zero-order chi connectivity index (χ0) is 22.2. The van der Waals surface area contributed by atoms with Gasteiger partial charge in [0.2, 0.25) is 0 Å². The van der Waals surface area contributed by atoms with Crippen LogP contribution >= 0.6 is 23.8 Å². The number of halogens is 1. The zero-order valence-corrected chi connectivity index (χ0v) is 18.8. The molecule has 3 heterocycles. The number of phenols is 1. The first-order valence-corrected chi connectivity index (χ1v) is 11.0. The first kappa shape index (κ1) is 20.5. The number of aromatic hydroxyl groups is 1. The minimum absolute atomic E-state index is 0.196. The molecule has 5 rings (SSSR count). The largest absolute Gasteiger partial charge is 0.508 e. The van der Waals surface area contributed by atoms with Crippen LogP contribution in [-0.4, -0.2) is 15.2 Å². The topological polar surface area (TPSA) is 61.5 Å². The van der Waals surface area contributed by atoms with Gasteiger partial charge in [-0.1, -0.05) is 29.8 Å². The summed E-state index contributed by atoms with van der Waals surface area (Å²) in [7, 11) is 0. The summed E-state index contributed by atoms with van der Waals surface area (Å²) in [5.41, 5.74) is 3.63. The van der Waals surface area contributed by atoms with Crippen LogP contribution in [0.5, 0.6) is 5.75 Å². The molecule has 2 aromatic heterocycles. The second-order valence-electron chi connectivity index (χ2n) is 7.68. The summed E-state index contributed by atoms with van der Waals surface area (Å²) < 4.78 is 6.35. The van der Waals surface area contributed by atoms with Crippen LogP contribution in [0, 0.1) is 6.92 Å². The smallest absolute Gasteiger partial charge is 0.174 e. The molecule has 4 aromatic rings. The molecule has 7 heteroatoms. The molecule has 5 nitrogen and oxygen atoms in total. The Labute approximate surface area is 196 Å². The summed E-state index contributed by atoms with van der Waals surface area (Å²) in [6.07, 6.45) is 1.77. The van der Waals surface area contributed by atoms with Crippen molar-refractivity contribution in [2.75, 3.05) is 4.90 Å². The summed E-state index contributed by atoms with van der Waals surface area (Å²) in [6.45, 7) is 1.97. The Bertz CT molecular complexity index is 1270. The van der Waals surface area contributed by atoms with Gasteiger partial charge in [-0.2, -0.15) is 0 Å². The maximum atomic E-state index is 9.74. The number of hydrogen-bond donors (Lipinski definition) is 2. The third-order valence-electron chi connectivity index (χ3n) is 5.60. The molecule has 2 aromatic carbocycles. The van der Waals surface area contributed by atoms with Crippen molar-refractivity contribution in [3.63, 3.8) is 0 Å². The van der Waals surface area contributed by atoms with Crippen molar-refractivity contribution in [2.45, 2.75) is 19.0 Å². The average Bonchev–Trinajstić information content (AvgIpc) is 3.41. The number of anilines is 1. The molecule has 0 saturated carbocycles. The van der Waals surface area contributed by atoms with Crippen molar-refractivity contribution in [1.82, 2.24) is 10.3 Å². The highest BCUT2D eigenvalue weighted by atomic mass is 35.5. The summed E-state index contributed by atoms with van der Waals surface area (Å²) >= 11 is 12.0. The fourth-order valence-corrected chi connectivity index (χ4v) is 4.47. The Balaban J connectivity index is 1.59. The van der Waals surface area contributed by atoms with E-state index in [1.54, 1.807) is 18.3 Å². The monoisotopic (exact) mass is 461 g/mol. The molecule has 32 heavy (non-hydrogen) atoms. The highest BCUT2D eigenvalue weighted by Crippen LogP contribution is 2.43. The number of furan rings is 1. The highest BCUT2D eigenvalue weighted by Gasteiger charge is 2.42. The van der Waals surface area contributed by atoms with Gasteiger partial charge in [-0.25, -0.2) is 0 Å². The van der Waals surface area contributed by atoms with Crippen LogP contribution < -0.4 is 10.2 Å². The third kappa shape index (κ3) is 3.72. The highest BCUT2D eigenvalue weighted by molar-refractivity contribution is 7.80. The van der Waals surface area contributed by atoms with Gasteiger partial charge in [-0.05, 0) is 79.3 Å². The zero-order valence-electron chi connectivity index (χ0n) is 17.2. The molecule has 0 spiro atoms. The summed E-state index contributed by atoms with van der Waals surface area (Å²) in [5.74, 6) is 1.67. The summed E-state index contributed by atoms with van der Waals surface area (Å²) in [6, 6.07) is 22.1. The SMILES string of the molecule is Cc1ccc(-c2ccc(C3C(c4ccccn4)NC(=S)N3c3ccc(O)cc3)o2)cc1Cl. The van der Waals surface area contributed by atoms with Gasteiger partial charge >= 0.3 is 0 Å². The summed E-state index contributed by atoms with van der Waals surface area (Å²) in [4.78, 5) is 6.55. The Morgan fingerprint density at radius 2 is 1.88 bits per heavy atom. The minimum Gasteiger partial charge on any atom is -0.508 e. The van der Waals surface area contributed by atoms with Gasteiger partial charge in [-0.3, -0.25) is 4.98 Å². The van der Waals surface area contributed by atoms with E-state index in [2.05, 4.69) is 10.3 Å². The maximum Gasteiger partial charge on any atom is 0.174 e. The lowest BCUT2D eigenvalue weighted by Crippen LogP contribution is -2.29. The first-order valence-electron chi connectivity index (χ1n) is 10.2. The van der Waals surface area contributed by atoms with Gasteiger partial charge in [0.1, 0.15) is 23.3 Å². The second-order valence-corrected chi connectivity index (χ2v) is 8.47. The van der Waals surface area contributed by atoms with Gasteiger partial charge in [0.05, 0.1) is 11.7 Å². The van der Waals surface area contributed by atoms with Crippen molar-refractivity contribution in [3.8, 4) is 17.1 Å². The molecule has 1 aliphatic rings. The fraction of sp³-hybridized carbons (Fsp3) is 0.120. The lowest BCUT2D eigenvalue weighted by molar-refractivity contribution is 0.439. The van der Waals surface area contributed by atoms with Gasteiger partial charge in [0.25, 0.3) is 0 Å². The molecule has 0 amide bonds. The van der Waals surface area contributed by atoms with E-state index >= 15 is 0 Å². The van der Waals surface area contributed by atoms with E-state index in [0.29, 0.717) is 10.1 Å². The van der Waals surface area contributed by atoms with Gasteiger partial charge in [0.15, 0.2) is 5.11 Å². The van der Waals surface area contributed by atoms with E-state index < -0.39 is 0 Å². The molecule has 1 fully saturated rings. The molecule has 2 atom stereocenters. The van der Waals surface area contributed by atoms with Crippen LogP contribution in [0.2, 0.25) is 5.02 Å². The molecule has 2 unspecified atom stereocenters. The van der Waals surface area contributed by atoms with E-state index in [4.69, 9.17) is 28.2 Å². The normalized spacial score (nSPS) is 18.1. The number of aryl methyl sites for hydroxylation is 1. The number of aromatic nitrogens is 1. The van der Waals surface area contributed by atoms with Crippen LogP contribution in [0.3, 0.4) is 0 Å². The Morgan fingerprint density at radius 3 is 2.59 bits per heavy atom. The minimum atomic E-state index is -0.267. The third-order valence-corrected chi connectivity index (χ3v) is 6.32. The number of benzene rings is 2. The molecular weight excluding hydrogens is 442 g/mol.